The number of aromatic nitrogens is 2. The van der Waals surface area contributed by atoms with Gasteiger partial charge in [0.2, 0.25) is 5.91 Å². The Labute approximate surface area is 253 Å². The number of likely N-dealkylation sites (tertiary alicyclic amines) is 1. The predicted molar refractivity (Wildman–Crippen MR) is 164 cm³/mol. The average molecular weight is 590 g/mol. The van der Waals surface area contributed by atoms with Gasteiger partial charge in [-0.3, -0.25) is 4.79 Å². The summed E-state index contributed by atoms with van der Waals surface area (Å²) < 4.78 is 6.31. The predicted octanol–water partition coefficient (Wildman–Crippen LogP) is 4.03. The molecular weight excluding hydrogens is 550 g/mol. The lowest BCUT2D eigenvalue weighted by Crippen LogP contribution is -2.55. The van der Waals surface area contributed by atoms with Crippen LogP contribution in [0.2, 0.25) is 5.02 Å². The molecule has 0 saturated carbocycles. The summed E-state index contributed by atoms with van der Waals surface area (Å²) in [5.41, 5.74) is 4.69. The van der Waals surface area contributed by atoms with Gasteiger partial charge in [-0.1, -0.05) is 30.3 Å². The first-order valence-electron chi connectivity index (χ1n) is 15.3. The number of benzene rings is 1. The standard InChI is InChI=1S/C32H40ClN7O2/c1-3-29(41)39-18-17-38(20-24(39)13-14-34)31-26-12-11-23(40-16-5-8-22-7-4-10-27(33)30(22)40)19-28(26)35-32(36-31)42-21-25-9-6-15-37(25)2/h3-4,7,10,23-25H,1,5-6,8-9,11-13,15-21H2,2H3/t23?,24-,25-/m0/s1. The van der Waals surface area contributed by atoms with Gasteiger partial charge in [0.05, 0.1) is 34.9 Å². The number of nitriles is 1. The number of rotatable bonds is 7. The molecule has 1 aliphatic carbocycles. The van der Waals surface area contributed by atoms with Crippen LogP contribution in [0.5, 0.6) is 6.01 Å². The molecule has 4 heterocycles. The highest BCUT2D eigenvalue weighted by Crippen LogP contribution is 2.40. The van der Waals surface area contributed by atoms with E-state index in [0.717, 1.165) is 73.7 Å². The van der Waals surface area contributed by atoms with Gasteiger partial charge in [0.15, 0.2) is 0 Å². The number of fused-ring (bicyclic) bond motifs is 2. The maximum atomic E-state index is 12.5. The summed E-state index contributed by atoms with van der Waals surface area (Å²) >= 11 is 6.75. The first-order chi connectivity index (χ1) is 20.5. The van der Waals surface area contributed by atoms with E-state index in [1.54, 1.807) is 4.90 Å². The third-order valence-corrected chi connectivity index (χ3v) is 9.80. The number of piperazine rings is 1. The van der Waals surface area contributed by atoms with Gasteiger partial charge in [-0.05, 0) is 69.8 Å². The Morgan fingerprint density at radius 2 is 2.05 bits per heavy atom. The van der Waals surface area contributed by atoms with Gasteiger partial charge in [-0.2, -0.15) is 15.2 Å². The van der Waals surface area contributed by atoms with Crippen molar-refractivity contribution in [2.75, 3.05) is 56.2 Å². The Bertz CT molecular complexity index is 1380. The molecule has 222 valence electrons. The fraction of sp³-hybridized carbons (Fsp3) is 0.562. The molecule has 6 rings (SSSR count). The number of likely N-dealkylation sites (N-methyl/N-ethyl adjacent to an activating group) is 1. The number of anilines is 2. The first-order valence-corrected chi connectivity index (χ1v) is 15.7. The number of amides is 1. The van der Waals surface area contributed by atoms with Crippen LogP contribution in [0, 0.1) is 11.3 Å². The lowest BCUT2D eigenvalue weighted by atomic mass is 9.88. The maximum Gasteiger partial charge on any atom is 0.318 e. The van der Waals surface area contributed by atoms with Crippen LogP contribution in [0.25, 0.3) is 0 Å². The van der Waals surface area contributed by atoms with Gasteiger partial charge < -0.3 is 24.3 Å². The number of carbonyl (C=O) groups excluding carboxylic acids is 1. The molecule has 0 spiro atoms. The topological polar surface area (TPSA) is 88.8 Å². The second-order valence-electron chi connectivity index (χ2n) is 12.0. The van der Waals surface area contributed by atoms with E-state index in [1.807, 2.05) is 12.1 Å². The lowest BCUT2D eigenvalue weighted by Gasteiger charge is -2.43. The van der Waals surface area contributed by atoms with Crippen LogP contribution in [-0.2, 0) is 24.1 Å². The molecule has 3 atom stereocenters. The molecule has 1 amide bonds. The number of hydrogen-bond acceptors (Lipinski definition) is 8. The van der Waals surface area contributed by atoms with Crippen LogP contribution >= 0.6 is 11.6 Å². The SMILES string of the molecule is C=CC(=O)N1CCN(c2nc(OC[C@@H]3CCCN3C)nc3c2CCC(N2CCCc4cccc(Cl)c42)C3)C[C@@H]1CC#N. The van der Waals surface area contributed by atoms with Crippen LogP contribution in [0.4, 0.5) is 11.5 Å². The van der Waals surface area contributed by atoms with Crippen LogP contribution in [0.1, 0.15) is 48.9 Å². The minimum atomic E-state index is -0.222. The summed E-state index contributed by atoms with van der Waals surface area (Å²) in [5, 5.41) is 10.3. The molecule has 10 heteroatoms. The molecule has 0 bridgehead atoms. The Balaban J connectivity index is 1.31. The summed E-state index contributed by atoms with van der Waals surface area (Å²) in [6.45, 7) is 7.99. The number of aryl methyl sites for hydroxylation is 1. The third-order valence-electron chi connectivity index (χ3n) is 9.49. The van der Waals surface area contributed by atoms with Crippen molar-refractivity contribution in [2.24, 2.45) is 0 Å². The van der Waals surface area contributed by atoms with E-state index in [-0.39, 0.29) is 18.4 Å². The number of nitrogens with zero attached hydrogens (tertiary/aromatic N) is 7. The van der Waals surface area contributed by atoms with Crippen molar-refractivity contribution in [1.82, 2.24) is 19.8 Å². The van der Waals surface area contributed by atoms with Crippen LogP contribution in [0.15, 0.2) is 30.9 Å². The number of halogens is 1. The number of ether oxygens (including phenoxy) is 1. The largest absolute Gasteiger partial charge is 0.462 e. The minimum Gasteiger partial charge on any atom is -0.462 e. The number of para-hydroxylation sites is 1. The summed E-state index contributed by atoms with van der Waals surface area (Å²) in [6, 6.07) is 9.37. The van der Waals surface area contributed by atoms with E-state index >= 15 is 0 Å². The average Bonchev–Trinajstić information content (AvgIpc) is 3.43. The van der Waals surface area contributed by atoms with E-state index in [2.05, 4.69) is 40.5 Å². The smallest absolute Gasteiger partial charge is 0.318 e. The lowest BCUT2D eigenvalue weighted by molar-refractivity contribution is -0.128. The van der Waals surface area contributed by atoms with Crippen molar-refractivity contribution >= 4 is 29.0 Å². The fourth-order valence-electron chi connectivity index (χ4n) is 7.24. The van der Waals surface area contributed by atoms with Gasteiger partial charge in [0.25, 0.3) is 0 Å². The van der Waals surface area contributed by atoms with E-state index < -0.39 is 0 Å². The van der Waals surface area contributed by atoms with E-state index in [4.69, 9.17) is 26.3 Å². The molecule has 0 radical (unpaired) electrons. The molecule has 1 unspecified atom stereocenters. The zero-order valence-electron chi connectivity index (χ0n) is 24.5. The van der Waals surface area contributed by atoms with Crippen molar-refractivity contribution in [2.45, 2.75) is 69.5 Å². The van der Waals surface area contributed by atoms with E-state index in [9.17, 15) is 10.1 Å². The zero-order chi connectivity index (χ0) is 29.2. The molecule has 4 aliphatic rings. The van der Waals surface area contributed by atoms with E-state index in [0.29, 0.717) is 44.3 Å². The molecule has 1 aromatic heterocycles. The van der Waals surface area contributed by atoms with Crippen LogP contribution in [-0.4, -0.2) is 90.2 Å². The molecule has 9 nitrogen and oxygen atoms in total. The highest BCUT2D eigenvalue weighted by molar-refractivity contribution is 6.33. The summed E-state index contributed by atoms with van der Waals surface area (Å²) in [6.07, 6.45) is 8.69. The second-order valence-corrected chi connectivity index (χ2v) is 12.4. The molecule has 42 heavy (non-hydrogen) atoms. The van der Waals surface area contributed by atoms with Crippen molar-refractivity contribution in [3.05, 3.63) is 52.7 Å². The Morgan fingerprint density at radius 3 is 2.83 bits per heavy atom. The van der Waals surface area contributed by atoms with Gasteiger partial charge >= 0.3 is 6.01 Å². The summed E-state index contributed by atoms with van der Waals surface area (Å²) in [7, 11) is 2.14. The van der Waals surface area contributed by atoms with Crippen molar-refractivity contribution in [3.63, 3.8) is 0 Å². The summed E-state index contributed by atoms with van der Waals surface area (Å²) in [5.74, 6) is 0.756. The first kappa shape index (κ1) is 28.8. The van der Waals surface area contributed by atoms with E-state index in [1.165, 1.54) is 23.7 Å². The van der Waals surface area contributed by atoms with Gasteiger partial charge in [-0.25, -0.2) is 0 Å². The molecule has 2 aromatic rings. The monoisotopic (exact) mass is 589 g/mol. The molecule has 3 aliphatic heterocycles. The van der Waals surface area contributed by atoms with Crippen molar-refractivity contribution in [3.8, 4) is 12.1 Å². The minimum absolute atomic E-state index is 0.132. The molecule has 1 aromatic carbocycles. The molecular formula is C32H40ClN7O2. The Hall–Kier alpha value is -3.35. The zero-order valence-corrected chi connectivity index (χ0v) is 25.2. The van der Waals surface area contributed by atoms with Gasteiger partial charge in [-0.15, -0.1) is 0 Å². The number of carbonyl (C=O) groups is 1. The molecule has 2 saturated heterocycles. The second kappa shape index (κ2) is 12.5. The van der Waals surface area contributed by atoms with Crippen molar-refractivity contribution < 1.29 is 9.53 Å². The third kappa shape index (κ3) is 5.67. The molecule has 2 fully saturated rings. The normalized spacial score (nSPS) is 24.1. The van der Waals surface area contributed by atoms with Gasteiger partial charge in [0.1, 0.15) is 12.4 Å². The number of hydrogen-bond donors (Lipinski definition) is 0. The van der Waals surface area contributed by atoms with Crippen LogP contribution < -0.4 is 14.5 Å². The fourth-order valence-corrected chi connectivity index (χ4v) is 7.55. The van der Waals surface area contributed by atoms with Gasteiger partial charge in [0, 0.05) is 50.2 Å². The Morgan fingerprint density at radius 1 is 1.17 bits per heavy atom. The van der Waals surface area contributed by atoms with Crippen LogP contribution in [0.3, 0.4) is 0 Å². The highest BCUT2D eigenvalue weighted by Gasteiger charge is 2.36. The van der Waals surface area contributed by atoms with Crippen molar-refractivity contribution in [1.29, 1.82) is 5.26 Å². The maximum absolute atomic E-state index is 12.5. The highest BCUT2D eigenvalue weighted by atomic mass is 35.5. The summed E-state index contributed by atoms with van der Waals surface area (Å²) in [4.78, 5) is 31.4. The molecule has 0 N–H and O–H groups in total. The quantitative estimate of drug-likeness (QED) is 0.447. The Kier molecular flexibility index (Phi) is 8.55.